The number of pyridine rings is 1. The number of aromatic nitrogens is 3. The maximum Gasteiger partial charge on any atom is 0.200 e. The zero-order chi connectivity index (χ0) is 17.6. The fourth-order valence-electron chi connectivity index (χ4n) is 2.49. The predicted molar refractivity (Wildman–Crippen MR) is 103 cm³/mol. The van der Waals surface area contributed by atoms with Crippen LogP contribution in [0.5, 0.6) is 0 Å². The van der Waals surface area contributed by atoms with Crippen molar-refractivity contribution < 1.29 is 0 Å². The lowest BCUT2D eigenvalue weighted by atomic mass is 10.0. The summed E-state index contributed by atoms with van der Waals surface area (Å²) in [5.41, 5.74) is 4.15. The molecule has 126 valence electrons. The van der Waals surface area contributed by atoms with Crippen molar-refractivity contribution in [3.05, 3.63) is 63.6 Å². The largest absolute Gasteiger partial charge is 0.264 e. The number of hydrogen-bond donors (Lipinski definition) is 0. The van der Waals surface area contributed by atoms with Gasteiger partial charge in [-0.05, 0) is 48.2 Å². The number of aliphatic imine (C=N–C) groups is 1. The molecule has 2 aromatic heterocycles. The van der Waals surface area contributed by atoms with Gasteiger partial charge >= 0.3 is 0 Å². The van der Waals surface area contributed by atoms with Crippen LogP contribution in [0.25, 0.3) is 11.3 Å². The van der Waals surface area contributed by atoms with E-state index in [4.69, 9.17) is 0 Å². The highest BCUT2D eigenvalue weighted by Gasteiger charge is 2.15. The molecule has 1 aliphatic heterocycles. The summed E-state index contributed by atoms with van der Waals surface area (Å²) in [6.07, 6.45) is 11.1. The monoisotopic (exact) mass is 351 g/mol. The number of nitrogens with zero attached hydrogens (tertiary/aromatic N) is 5. The van der Waals surface area contributed by atoms with E-state index >= 15 is 0 Å². The van der Waals surface area contributed by atoms with Crippen LogP contribution >= 0.6 is 11.8 Å². The Balaban J connectivity index is 2.13. The molecule has 3 heterocycles. The molecule has 0 aromatic carbocycles. The lowest BCUT2D eigenvalue weighted by Crippen LogP contribution is -2.01. The summed E-state index contributed by atoms with van der Waals surface area (Å²) >= 11 is 1.56. The number of thioether (sulfide) groups is 1. The molecular formula is C18H17N5OS. The third-order valence-corrected chi connectivity index (χ3v) is 4.07. The molecule has 0 atom stereocenters. The van der Waals surface area contributed by atoms with Gasteiger partial charge in [-0.15, -0.1) is 16.7 Å². The first kappa shape index (κ1) is 17.2. The van der Waals surface area contributed by atoms with Gasteiger partial charge in [0, 0.05) is 35.8 Å². The topological polar surface area (TPSA) is 80.5 Å². The molecular weight excluding hydrogens is 334 g/mol. The summed E-state index contributed by atoms with van der Waals surface area (Å²) in [7, 11) is 0. The molecule has 0 saturated heterocycles. The molecule has 3 rings (SSSR count). The van der Waals surface area contributed by atoms with Gasteiger partial charge in [0.1, 0.15) is 5.70 Å². The zero-order valence-corrected chi connectivity index (χ0v) is 14.8. The summed E-state index contributed by atoms with van der Waals surface area (Å²) in [5, 5.41) is 4.99. The molecule has 7 heteroatoms. The highest BCUT2D eigenvalue weighted by Crippen LogP contribution is 2.28. The lowest BCUT2D eigenvalue weighted by molar-refractivity contribution is 1.04. The molecule has 0 bridgehead atoms. The Morgan fingerprint density at radius 2 is 2.12 bits per heavy atom. The zero-order valence-electron chi connectivity index (χ0n) is 14.0. The molecule has 0 radical (unpaired) electrons. The maximum atomic E-state index is 11.1. The molecule has 2 aromatic rings. The molecule has 0 saturated carbocycles. The van der Waals surface area contributed by atoms with Crippen molar-refractivity contribution in [1.29, 1.82) is 0 Å². The van der Waals surface area contributed by atoms with Gasteiger partial charge in [0.15, 0.2) is 5.82 Å². The molecule has 0 unspecified atom stereocenters. The van der Waals surface area contributed by atoms with Crippen LogP contribution in [0.4, 0.5) is 5.82 Å². The van der Waals surface area contributed by atoms with Gasteiger partial charge in [0.2, 0.25) is 5.82 Å². The van der Waals surface area contributed by atoms with Crippen LogP contribution in [-0.2, 0) is 0 Å². The van der Waals surface area contributed by atoms with Crippen molar-refractivity contribution in [2.45, 2.75) is 19.8 Å². The van der Waals surface area contributed by atoms with E-state index in [1.807, 2.05) is 36.9 Å². The van der Waals surface area contributed by atoms with E-state index in [1.54, 1.807) is 30.2 Å². The van der Waals surface area contributed by atoms with Crippen LogP contribution < -0.4 is 0 Å². The lowest BCUT2D eigenvalue weighted by Gasteiger charge is -2.11. The average Bonchev–Trinajstić information content (AvgIpc) is 2.66. The van der Waals surface area contributed by atoms with Crippen LogP contribution in [0.3, 0.4) is 0 Å². The van der Waals surface area contributed by atoms with Crippen molar-refractivity contribution in [2.24, 2.45) is 10.2 Å². The summed E-state index contributed by atoms with van der Waals surface area (Å²) in [6, 6.07) is 3.62. The van der Waals surface area contributed by atoms with Crippen molar-refractivity contribution in [3.63, 3.8) is 0 Å². The van der Waals surface area contributed by atoms with Crippen molar-refractivity contribution in [2.75, 3.05) is 6.26 Å². The summed E-state index contributed by atoms with van der Waals surface area (Å²) in [4.78, 5) is 28.6. The van der Waals surface area contributed by atoms with Crippen LogP contribution in [-0.4, -0.2) is 27.4 Å². The maximum absolute atomic E-state index is 11.1. The fraction of sp³-hybridized carbons (Fsp3) is 0.222. The number of allylic oxidation sites excluding steroid dienone is 1. The molecule has 0 aliphatic carbocycles. The third-order valence-electron chi connectivity index (χ3n) is 3.60. The molecule has 25 heavy (non-hydrogen) atoms. The first-order valence-electron chi connectivity index (χ1n) is 7.82. The second kappa shape index (κ2) is 7.94. The van der Waals surface area contributed by atoms with Gasteiger partial charge < -0.3 is 0 Å². The normalized spacial score (nSPS) is 14.3. The quantitative estimate of drug-likeness (QED) is 0.739. The minimum Gasteiger partial charge on any atom is -0.264 e. The van der Waals surface area contributed by atoms with E-state index in [9.17, 15) is 4.91 Å². The van der Waals surface area contributed by atoms with Crippen LogP contribution in [0.2, 0.25) is 0 Å². The molecule has 0 N–H and O–H groups in total. The van der Waals surface area contributed by atoms with E-state index < -0.39 is 0 Å². The van der Waals surface area contributed by atoms with Gasteiger partial charge in [-0.3, -0.25) is 9.98 Å². The highest BCUT2D eigenvalue weighted by molar-refractivity contribution is 8.01. The van der Waals surface area contributed by atoms with E-state index in [0.717, 1.165) is 29.5 Å². The van der Waals surface area contributed by atoms with Gasteiger partial charge in [0.05, 0.1) is 5.69 Å². The standard InChI is InChI=1S/C18H17N5OS/c1-12-7-13(10-19-9-12)14(11-25-2)16-8-17(23-24)22-18(21-16)15-5-3-4-6-20-15/h5-11H,3-4H2,1-2H3/b14-11-. The number of nitroso groups, excluding NO2 is 1. The second-order valence-corrected chi connectivity index (χ2v) is 6.23. The summed E-state index contributed by atoms with van der Waals surface area (Å²) in [5.74, 6) is 0.505. The smallest absolute Gasteiger partial charge is 0.200 e. The van der Waals surface area contributed by atoms with Gasteiger partial charge in [0.25, 0.3) is 0 Å². The Morgan fingerprint density at radius 3 is 2.80 bits per heavy atom. The van der Waals surface area contributed by atoms with Crippen molar-refractivity contribution >= 4 is 35.1 Å². The first-order valence-corrected chi connectivity index (χ1v) is 9.11. The minimum absolute atomic E-state index is 0.0919. The highest BCUT2D eigenvalue weighted by atomic mass is 32.2. The Bertz CT molecular complexity index is 889. The number of rotatable bonds is 5. The second-order valence-electron chi connectivity index (χ2n) is 5.52. The molecule has 6 nitrogen and oxygen atoms in total. The Labute approximate surface area is 150 Å². The number of aryl methyl sites for hydroxylation is 1. The predicted octanol–water partition coefficient (Wildman–Crippen LogP) is 4.54. The Hall–Kier alpha value is -2.67. The average molecular weight is 351 g/mol. The van der Waals surface area contributed by atoms with Crippen molar-refractivity contribution in [1.82, 2.24) is 15.0 Å². The van der Waals surface area contributed by atoms with Crippen molar-refractivity contribution in [3.8, 4) is 0 Å². The fourth-order valence-corrected chi connectivity index (χ4v) is 2.98. The third kappa shape index (κ3) is 4.06. The summed E-state index contributed by atoms with van der Waals surface area (Å²) in [6.45, 7) is 1.98. The van der Waals surface area contributed by atoms with Gasteiger partial charge in [-0.1, -0.05) is 6.08 Å². The van der Waals surface area contributed by atoms with E-state index in [1.165, 1.54) is 0 Å². The number of hydrogen-bond acceptors (Lipinski definition) is 7. The first-order chi connectivity index (χ1) is 12.2. The molecule has 1 aliphatic rings. The van der Waals surface area contributed by atoms with Gasteiger partial charge in [-0.25, -0.2) is 9.97 Å². The molecule has 0 fully saturated rings. The van der Waals surface area contributed by atoms with E-state index in [-0.39, 0.29) is 5.82 Å². The van der Waals surface area contributed by atoms with Crippen LogP contribution in [0, 0.1) is 11.8 Å². The Morgan fingerprint density at radius 1 is 1.24 bits per heavy atom. The Kier molecular flexibility index (Phi) is 5.45. The van der Waals surface area contributed by atoms with E-state index in [0.29, 0.717) is 17.2 Å². The van der Waals surface area contributed by atoms with Crippen LogP contribution in [0.1, 0.15) is 35.5 Å². The molecule has 0 spiro atoms. The summed E-state index contributed by atoms with van der Waals surface area (Å²) < 4.78 is 0. The SMILES string of the molecule is CS/C=C(/c1cncc(C)c1)c1cc(N=O)nc(C2=CCCC=N2)n1. The van der Waals surface area contributed by atoms with E-state index in [2.05, 4.69) is 25.1 Å². The van der Waals surface area contributed by atoms with Crippen LogP contribution in [0.15, 0.2) is 46.2 Å². The van der Waals surface area contributed by atoms with Gasteiger partial charge in [-0.2, -0.15) is 0 Å². The minimum atomic E-state index is 0.0919. The molecule has 0 amide bonds.